The number of nitrogens with zero attached hydrogens (tertiary/aromatic N) is 1. The Morgan fingerprint density at radius 3 is 2.84 bits per heavy atom. The van der Waals surface area contributed by atoms with Gasteiger partial charge in [-0.15, -0.1) is 11.3 Å². The maximum atomic E-state index is 5.97. The second kappa shape index (κ2) is 6.54. The molecule has 2 rings (SSSR count). The molecule has 5 heteroatoms. The number of methoxy groups -OCH3 is 1. The van der Waals surface area contributed by atoms with Crippen LogP contribution in [0, 0.1) is 0 Å². The zero-order valence-corrected chi connectivity index (χ0v) is 12.1. The lowest BCUT2D eigenvalue weighted by molar-refractivity contribution is 0.415. The third-order valence-electron chi connectivity index (χ3n) is 2.89. The summed E-state index contributed by atoms with van der Waals surface area (Å²) in [6, 6.07) is 5.75. The van der Waals surface area contributed by atoms with Gasteiger partial charge in [0.05, 0.1) is 7.11 Å². The Hall–Kier alpha value is -1.59. The van der Waals surface area contributed by atoms with Crippen LogP contribution in [0.2, 0.25) is 0 Å². The minimum atomic E-state index is 0.733. The fraction of sp³-hybridized carbons (Fsp3) is 0.357. The molecular weight excluding hydrogens is 258 g/mol. The van der Waals surface area contributed by atoms with Gasteiger partial charge in [-0.3, -0.25) is 0 Å². The van der Waals surface area contributed by atoms with Gasteiger partial charge in [-0.2, -0.15) is 0 Å². The van der Waals surface area contributed by atoms with E-state index in [1.165, 1.54) is 4.88 Å². The number of aromatic nitrogens is 1. The van der Waals surface area contributed by atoms with Crippen molar-refractivity contribution in [1.82, 2.24) is 10.3 Å². The summed E-state index contributed by atoms with van der Waals surface area (Å²) in [5.74, 6) is 0.786. The molecule has 0 aliphatic rings. The Bertz CT molecular complexity index is 539. The normalized spacial score (nSPS) is 10.6. The van der Waals surface area contributed by atoms with E-state index in [9.17, 15) is 0 Å². The third-order valence-corrected chi connectivity index (χ3v) is 4.04. The van der Waals surface area contributed by atoms with E-state index in [0.717, 1.165) is 41.5 Å². The van der Waals surface area contributed by atoms with Gasteiger partial charge in [0, 0.05) is 35.9 Å². The molecule has 0 aliphatic heterocycles. The summed E-state index contributed by atoms with van der Waals surface area (Å²) >= 11 is 1.75. The number of aryl methyl sites for hydroxylation is 1. The molecule has 0 atom stereocenters. The van der Waals surface area contributed by atoms with E-state index in [0.29, 0.717) is 0 Å². The second-order valence-corrected chi connectivity index (χ2v) is 5.44. The van der Waals surface area contributed by atoms with E-state index in [1.54, 1.807) is 18.4 Å². The van der Waals surface area contributed by atoms with Crippen LogP contribution in [0.25, 0.3) is 0 Å². The molecule has 1 aromatic carbocycles. The first-order chi connectivity index (χ1) is 9.22. The van der Waals surface area contributed by atoms with Gasteiger partial charge in [0.25, 0.3) is 0 Å². The van der Waals surface area contributed by atoms with E-state index in [2.05, 4.69) is 17.2 Å². The van der Waals surface area contributed by atoms with Crippen molar-refractivity contribution in [2.45, 2.75) is 26.4 Å². The lowest BCUT2D eigenvalue weighted by Gasteiger charge is -2.08. The van der Waals surface area contributed by atoms with Crippen LogP contribution in [-0.2, 0) is 19.5 Å². The first-order valence-electron chi connectivity index (χ1n) is 6.29. The second-order valence-electron chi connectivity index (χ2n) is 4.24. The van der Waals surface area contributed by atoms with E-state index >= 15 is 0 Å². The molecule has 0 amide bonds. The number of benzene rings is 1. The number of nitrogens with one attached hydrogen (secondary N) is 1. The molecule has 0 unspecified atom stereocenters. The van der Waals surface area contributed by atoms with Gasteiger partial charge in [0.15, 0.2) is 0 Å². The predicted octanol–water partition coefficient (Wildman–Crippen LogP) is 2.59. The largest absolute Gasteiger partial charge is 0.497 e. The molecule has 2 aromatic rings. The van der Waals surface area contributed by atoms with Crippen LogP contribution in [0.3, 0.4) is 0 Å². The van der Waals surface area contributed by atoms with Crippen molar-refractivity contribution < 1.29 is 4.74 Å². The molecule has 0 saturated carbocycles. The number of anilines is 1. The van der Waals surface area contributed by atoms with Crippen LogP contribution in [0.4, 0.5) is 5.69 Å². The van der Waals surface area contributed by atoms with Crippen LogP contribution in [0.5, 0.6) is 5.75 Å². The summed E-state index contributed by atoms with van der Waals surface area (Å²) in [5.41, 5.74) is 7.80. The third kappa shape index (κ3) is 3.68. The van der Waals surface area contributed by atoms with Gasteiger partial charge in [-0.25, -0.2) is 4.98 Å². The van der Waals surface area contributed by atoms with Gasteiger partial charge in [-0.1, -0.05) is 13.0 Å². The maximum absolute atomic E-state index is 5.97. The summed E-state index contributed by atoms with van der Waals surface area (Å²) in [6.07, 6.45) is 2.99. The van der Waals surface area contributed by atoms with Crippen molar-refractivity contribution >= 4 is 17.0 Å². The molecule has 0 spiro atoms. The van der Waals surface area contributed by atoms with Crippen molar-refractivity contribution in [2.75, 3.05) is 12.8 Å². The summed E-state index contributed by atoms with van der Waals surface area (Å²) in [7, 11) is 1.64. The molecule has 0 bridgehead atoms. The molecule has 3 N–H and O–H groups in total. The lowest BCUT2D eigenvalue weighted by atomic mass is 10.1. The van der Waals surface area contributed by atoms with Gasteiger partial charge in [0.2, 0.25) is 0 Å². The number of nitrogen functional groups attached to an aromatic ring is 1. The molecule has 0 saturated heterocycles. The molecular formula is C14H19N3OS. The summed E-state index contributed by atoms with van der Waals surface area (Å²) < 4.78 is 5.13. The SMILES string of the molecule is CCc1cnc(CNCc2ccc(OC)cc2N)s1. The van der Waals surface area contributed by atoms with Crippen molar-refractivity contribution in [3.63, 3.8) is 0 Å². The van der Waals surface area contributed by atoms with Crippen molar-refractivity contribution in [3.05, 3.63) is 39.8 Å². The van der Waals surface area contributed by atoms with Crippen LogP contribution in [0.1, 0.15) is 22.4 Å². The standard InChI is InChI=1S/C14H19N3OS/c1-3-12-8-17-14(19-12)9-16-7-10-4-5-11(18-2)6-13(10)15/h4-6,8,16H,3,7,9,15H2,1-2H3. The fourth-order valence-electron chi connectivity index (χ4n) is 1.76. The molecule has 0 fully saturated rings. The lowest BCUT2D eigenvalue weighted by Crippen LogP contribution is -2.13. The molecule has 0 radical (unpaired) electrons. The van der Waals surface area contributed by atoms with E-state index < -0.39 is 0 Å². The van der Waals surface area contributed by atoms with Gasteiger partial charge < -0.3 is 15.8 Å². The summed E-state index contributed by atoms with van der Waals surface area (Å²) in [6.45, 7) is 3.65. The topological polar surface area (TPSA) is 60.2 Å². The highest BCUT2D eigenvalue weighted by atomic mass is 32.1. The van der Waals surface area contributed by atoms with Crippen LogP contribution >= 0.6 is 11.3 Å². The van der Waals surface area contributed by atoms with Gasteiger partial charge >= 0.3 is 0 Å². The first kappa shape index (κ1) is 13.8. The quantitative estimate of drug-likeness (QED) is 0.797. The molecule has 1 aromatic heterocycles. The van der Waals surface area contributed by atoms with Crippen molar-refractivity contribution in [2.24, 2.45) is 0 Å². The first-order valence-corrected chi connectivity index (χ1v) is 7.11. The Kier molecular flexibility index (Phi) is 4.76. The number of hydrogen-bond acceptors (Lipinski definition) is 5. The van der Waals surface area contributed by atoms with Crippen molar-refractivity contribution in [1.29, 1.82) is 0 Å². The number of nitrogens with two attached hydrogens (primary N) is 1. The van der Waals surface area contributed by atoms with E-state index in [4.69, 9.17) is 10.5 Å². The number of thiazole rings is 1. The Labute approximate surface area is 117 Å². The Balaban J connectivity index is 1.88. The molecule has 4 nitrogen and oxygen atoms in total. The Morgan fingerprint density at radius 2 is 2.21 bits per heavy atom. The van der Waals surface area contributed by atoms with E-state index in [-0.39, 0.29) is 0 Å². The monoisotopic (exact) mass is 277 g/mol. The summed E-state index contributed by atoms with van der Waals surface area (Å²) in [4.78, 5) is 5.69. The van der Waals surface area contributed by atoms with Gasteiger partial charge in [-0.05, 0) is 18.1 Å². The van der Waals surface area contributed by atoms with Crippen LogP contribution < -0.4 is 15.8 Å². The highest BCUT2D eigenvalue weighted by Gasteiger charge is 2.03. The molecule has 19 heavy (non-hydrogen) atoms. The number of hydrogen-bond donors (Lipinski definition) is 2. The minimum absolute atomic E-state index is 0.733. The average Bonchev–Trinajstić information content (AvgIpc) is 2.88. The Morgan fingerprint density at radius 1 is 1.37 bits per heavy atom. The summed E-state index contributed by atoms with van der Waals surface area (Å²) in [5, 5.41) is 4.48. The average molecular weight is 277 g/mol. The van der Waals surface area contributed by atoms with Crippen LogP contribution in [0.15, 0.2) is 24.4 Å². The highest BCUT2D eigenvalue weighted by Crippen LogP contribution is 2.19. The van der Waals surface area contributed by atoms with Crippen molar-refractivity contribution in [3.8, 4) is 5.75 Å². The maximum Gasteiger partial charge on any atom is 0.120 e. The minimum Gasteiger partial charge on any atom is -0.497 e. The zero-order chi connectivity index (χ0) is 13.7. The molecule has 0 aliphatic carbocycles. The zero-order valence-electron chi connectivity index (χ0n) is 11.3. The van der Waals surface area contributed by atoms with E-state index in [1.807, 2.05) is 24.4 Å². The smallest absolute Gasteiger partial charge is 0.120 e. The molecule has 102 valence electrons. The van der Waals surface area contributed by atoms with Crippen LogP contribution in [-0.4, -0.2) is 12.1 Å². The molecule has 1 heterocycles. The fourth-order valence-corrected chi connectivity index (χ4v) is 2.59. The number of rotatable bonds is 6. The number of ether oxygens (including phenoxy) is 1. The van der Waals surface area contributed by atoms with Gasteiger partial charge in [0.1, 0.15) is 10.8 Å². The highest BCUT2D eigenvalue weighted by molar-refractivity contribution is 7.11. The predicted molar refractivity (Wildman–Crippen MR) is 79.4 cm³/mol.